The first-order valence-electron chi connectivity index (χ1n) is 7.17. The third kappa shape index (κ3) is 3.87. The summed E-state index contributed by atoms with van der Waals surface area (Å²) in [5, 5.41) is 10.6. The Morgan fingerprint density at radius 3 is 2.67 bits per heavy atom. The number of nitrogens with zero attached hydrogens (tertiary/aromatic N) is 3. The molecule has 0 aromatic carbocycles. The lowest BCUT2D eigenvalue weighted by molar-refractivity contribution is -0.130. The average molecular weight is 294 g/mol. The fourth-order valence-corrected chi connectivity index (χ4v) is 2.32. The Morgan fingerprint density at radius 2 is 2.10 bits per heavy atom. The fourth-order valence-electron chi connectivity index (χ4n) is 2.32. The van der Waals surface area contributed by atoms with Crippen molar-refractivity contribution in [2.45, 2.75) is 52.1 Å². The van der Waals surface area contributed by atoms with Gasteiger partial charge in [-0.15, -0.1) is 10.2 Å². The second-order valence-electron chi connectivity index (χ2n) is 6.34. The summed E-state index contributed by atoms with van der Waals surface area (Å²) in [6.07, 6.45) is 1.45. The summed E-state index contributed by atoms with van der Waals surface area (Å²) >= 11 is 0. The number of amides is 1. The van der Waals surface area contributed by atoms with Crippen LogP contribution in [0.2, 0.25) is 0 Å². The molecule has 7 nitrogen and oxygen atoms in total. The van der Waals surface area contributed by atoms with E-state index in [1.165, 1.54) is 0 Å². The maximum absolute atomic E-state index is 12.4. The van der Waals surface area contributed by atoms with Gasteiger partial charge in [0, 0.05) is 19.0 Å². The van der Waals surface area contributed by atoms with Crippen LogP contribution >= 0.6 is 0 Å². The van der Waals surface area contributed by atoms with Crippen molar-refractivity contribution in [1.29, 1.82) is 0 Å². The molecule has 1 N–H and O–H groups in total. The van der Waals surface area contributed by atoms with Crippen LogP contribution in [0.15, 0.2) is 4.42 Å². The summed E-state index contributed by atoms with van der Waals surface area (Å²) in [5.74, 6) is -0.00109. The number of carbonyl (C=O) groups excluding carboxylic acids is 2. The summed E-state index contributed by atoms with van der Waals surface area (Å²) in [6, 6.07) is -0.487. The lowest BCUT2D eigenvalue weighted by Gasteiger charge is -2.26. The van der Waals surface area contributed by atoms with Crippen molar-refractivity contribution in [2.24, 2.45) is 0 Å². The topological polar surface area (TPSA) is 88.3 Å². The van der Waals surface area contributed by atoms with E-state index in [2.05, 4.69) is 15.5 Å². The standard InChI is InChI=1S/C14H22N4O3/c1-9-16-17-13(21-9)12(20)10-6-5-7-18(10)11(19)8-15-14(2,3)4/h10,15H,5-8H2,1-4H3. The van der Waals surface area contributed by atoms with E-state index in [0.29, 0.717) is 18.9 Å². The SMILES string of the molecule is Cc1nnc(C(=O)C2CCCN2C(=O)CNC(C)(C)C)o1. The lowest BCUT2D eigenvalue weighted by atomic mass is 10.1. The number of hydrogen-bond acceptors (Lipinski definition) is 6. The van der Waals surface area contributed by atoms with Gasteiger partial charge in [0.15, 0.2) is 0 Å². The Balaban J connectivity index is 2.03. The summed E-state index contributed by atoms with van der Waals surface area (Å²) < 4.78 is 5.17. The zero-order chi connectivity index (χ0) is 15.6. The molecule has 1 saturated heterocycles. The van der Waals surface area contributed by atoms with Crippen molar-refractivity contribution in [3.63, 3.8) is 0 Å². The second kappa shape index (κ2) is 5.93. The third-order valence-electron chi connectivity index (χ3n) is 3.38. The van der Waals surface area contributed by atoms with Crippen molar-refractivity contribution in [3.05, 3.63) is 11.8 Å². The van der Waals surface area contributed by atoms with Crippen LogP contribution < -0.4 is 5.32 Å². The minimum absolute atomic E-state index is 0.0130. The molecular formula is C14H22N4O3. The van der Waals surface area contributed by atoms with Crippen molar-refractivity contribution >= 4 is 11.7 Å². The van der Waals surface area contributed by atoms with Crippen LogP contribution in [-0.2, 0) is 4.79 Å². The fraction of sp³-hybridized carbons (Fsp3) is 0.714. The average Bonchev–Trinajstić information content (AvgIpc) is 3.02. The highest BCUT2D eigenvalue weighted by Gasteiger charge is 2.36. The van der Waals surface area contributed by atoms with E-state index in [-0.39, 0.29) is 29.7 Å². The van der Waals surface area contributed by atoms with Gasteiger partial charge in [-0.25, -0.2) is 0 Å². The van der Waals surface area contributed by atoms with Crippen LogP contribution in [0.1, 0.15) is 50.2 Å². The quantitative estimate of drug-likeness (QED) is 0.831. The van der Waals surface area contributed by atoms with Gasteiger partial charge in [-0.3, -0.25) is 9.59 Å². The van der Waals surface area contributed by atoms with Gasteiger partial charge in [-0.05, 0) is 33.6 Å². The van der Waals surface area contributed by atoms with Crippen LogP contribution in [-0.4, -0.2) is 51.5 Å². The molecule has 2 rings (SSSR count). The van der Waals surface area contributed by atoms with Gasteiger partial charge in [0.05, 0.1) is 6.54 Å². The largest absolute Gasteiger partial charge is 0.419 e. The van der Waals surface area contributed by atoms with Gasteiger partial charge in [0.1, 0.15) is 6.04 Å². The second-order valence-corrected chi connectivity index (χ2v) is 6.34. The molecule has 1 aliphatic heterocycles. The van der Waals surface area contributed by atoms with Gasteiger partial charge in [-0.2, -0.15) is 0 Å². The molecule has 2 heterocycles. The van der Waals surface area contributed by atoms with E-state index in [0.717, 1.165) is 6.42 Å². The molecule has 116 valence electrons. The molecule has 1 amide bonds. The number of ketones is 1. The van der Waals surface area contributed by atoms with Crippen molar-refractivity contribution < 1.29 is 14.0 Å². The molecule has 1 unspecified atom stereocenters. The molecule has 1 aliphatic rings. The first kappa shape index (κ1) is 15.6. The van der Waals surface area contributed by atoms with E-state index >= 15 is 0 Å². The number of likely N-dealkylation sites (tertiary alicyclic amines) is 1. The minimum Gasteiger partial charge on any atom is -0.419 e. The van der Waals surface area contributed by atoms with E-state index in [1.54, 1.807) is 11.8 Å². The molecule has 0 bridgehead atoms. The summed E-state index contributed by atoms with van der Waals surface area (Å²) in [7, 11) is 0. The summed E-state index contributed by atoms with van der Waals surface area (Å²) in [5.41, 5.74) is -0.140. The van der Waals surface area contributed by atoms with E-state index in [1.807, 2.05) is 20.8 Å². The van der Waals surface area contributed by atoms with Gasteiger partial charge in [0.25, 0.3) is 5.89 Å². The molecule has 1 aromatic heterocycles. The Bertz CT molecular complexity index is 533. The van der Waals surface area contributed by atoms with E-state index in [4.69, 9.17) is 4.42 Å². The number of nitrogens with one attached hydrogen (secondary N) is 1. The smallest absolute Gasteiger partial charge is 0.286 e. The monoisotopic (exact) mass is 294 g/mol. The molecule has 0 radical (unpaired) electrons. The van der Waals surface area contributed by atoms with Gasteiger partial charge >= 0.3 is 0 Å². The summed E-state index contributed by atoms with van der Waals surface area (Å²) in [4.78, 5) is 26.3. The normalized spacial score (nSPS) is 19.0. The zero-order valence-corrected chi connectivity index (χ0v) is 13.0. The number of aromatic nitrogens is 2. The maximum atomic E-state index is 12.4. The molecule has 7 heteroatoms. The van der Waals surface area contributed by atoms with Gasteiger partial charge in [-0.1, -0.05) is 0 Å². The van der Waals surface area contributed by atoms with Crippen LogP contribution in [0.4, 0.5) is 0 Å². The minimum atomic E-state index is -0.487. The third-order valence-corrected chi connectivity index (χ3v) is 3.38. The van der Waals surface area contributed by atoms with Crippen LogP contribution in [0.5, 0.6) is 0 Å². The maximum Gasteiger partial charge on any atom is 0.286 e. The van der Waals surface area contributed by atoms with Gasteiger partial charge < -0.3 is 14.6 Å². The molecule has 0 spiro atoms. The van der Waals surface area contributed by atoms with Gasteiger partial charge in [0.2, 0.25) is 17.6 Å². The predicted octanol–water partition coefficient (Wildman–Crippen LogP) is 0.940. The molecule has 1 fully saturated rings. The number of rotatable bonds is 4. The summed E-state index contributed by atoms with van der Waals surface area (Å²) in [6.45, 7) is 8.43. The Morgan fingerprint density at radius 1 is 1.38 bits per heavy atom. The number of carbonyl (C=O) groups is 2. The highest BCUT2D eigenvalue weighted by Crippen LogP contribution is 2.21. The van der Waals surface area contributed by atoms with Crippen LogP contribution in [0.25, 0.3) is 0 Å². The van der Waals surface area contributed by atoms with Crippen LogP contribution in [0.3, 0.4) is 0 Å². The first-order valence-corrected chi connectivity index (χ1v) is 7.17. The predicted molar refractivity (Wildman–Crippen MR) is 75.9 cm³/mol. The number of Topliss-reactive ketones (excluding diaryl/α,β-unsaturated/α-hetero) is 1. The van der Waals surface area contributed by atoms with E-state index < -0.39 is 6.04 Å². The number of hydrogen-bond donors (Lipinski definition) is 1. The van der Waals surface area contributed by atoms with Crippen molar-refractivity contribution in [3.8, 4) is 0 Å². The van der Waals surface area contributed by atoms with Crippen LogP contribution in [0, 0.1) is 6.92 Å². The molecule has 1 atom stereocenters. The van der Waals surface area contributed by atoms with Crippen molar-refractivity contribution in [2.75, 3.05) is 13.1 Å². The number of aryl methyl sites for hydroxylation is 1. The highest BCUT2D eigenvalue weighted by molar-refractivity contribution is 5.98. The molecule has 0 aliphatic carbocycles. The lowest BCUT2D eigenvalue weighted by Crippen LogP contribution is -2.48. The molecule has 21 heavy (non-hydrogen) atoms. The Hall–Kier alpha value is -1.76. The molecule has 0 saturated carbocycles. The Labute approximate surface area is 124 Å². The molecular weight excluding hydrogens is 272 g/mol. The highest BCUT2D eigenvalue weighted by atomic mass is 16.4. The molecule has 1 aromatic rings. The zero-order valence-electron chi connectivity index (χ0n) is 13.0. The Kier molecular flexibility index (Phi) is 4.41. The first-order chi connectivity index (χ1) is 9.78. The van der Waals surface area contributed by atoms with E-state index in [9.17, 15) is 9.59 Å². The van der Waals surface area contributed by atoms with Crippen molar-refractivity contribution in [1.82, 2.24) is 20.4 Å².